The van der Waals surface area contributed by atoms with Crippen molar-refractivity contribution in [1.29, 1.82) is 0 Å². The minimum Gasteiger partial charge on any atom is -0.388 e. The van der Waals surface area contributed by atoms with Crippen LogP contribution in [0.5, 0.6) is 0 Å². The van der Waals surface area contributed by atoms with E-state index < -0.39 is 12.2 Å². The van der Waals surface area contributed by atoms with Crippen LogP contribution in [0.15, 0.2) is 0 Å². The molecule has 0 aromatic rings. The van der Waals surface area contributed by atoms with Crippen LogP contribution in [0.3, 0.4) is 0 Å². The van der Waals surface area contributed by atoms with Gasteiger partial charge in [-0.1, -0.05) is 19.3 Å². The van der Waals surface area contributed by atoms with E-state index in [1.54, 1.807) is 4.90 Å². The number of hydrogen-bond acceptors (Lipinski definition) is 4. The van der Waals surface area contributed by atoms with E-state index in [-0.39, 0.29) is 24.5 Å². The largest absolute Gasteiger partial charge is 0.388 e. The molecule has 1 aliphatic heterocycles. The third kappa shape index (κ3) is 2.84. The Bertz CT molecular complexity index is 293. The molecule has 0 radical (unpaired) electrons. The Labute approximate surface area is 108 Å². The van der Waals surface area contributed by atoms with E-state index in [1.807, 2.05) is 7.05 Å². The first kappa shape index (κ1) is 13.8. The van der Waals surface area contributed by atoms with Crippen molar-refractivity contribution in [2.75, 3.05) is 20.1 Å². The predicted molar refractivity (Wildman–Crippen MR) is 68.1 cm³/mol. The highest BCUT2D eigenvalue weighted by Crippen LogP contribution is 2.31. The monoisotopic (exact) mass is 256 g/mol. The Morgan fingerprint density at radius 3 is 2.28 bits per heavy atom. The van der Waals surface area contributed by atoms with Crippen LogP contribution < -0.4 is 5.32 Å². The van der Waals surface area contributed by atoms with Gasteiger partial charge in [-0.05, 0) is 19.9 Å². The van der Waals surface area contributed by atoms with Crippen LogP contribution >= 0.6 is 0 Å². The second kappa shape index (κ2) is 5.55. The maximum atomic E-state index is 12.2. The third-order valence-electron chi connectivity index (χ3n) is 4.44. The molecule has 5 nitrogen and oxygen atoms in total. The SMILES string of the molecule is CNC1(CC(=O)N2C[C@@H](O)[C@@H](O)C2)CCCCC1. The molecule has 1 amide bonds. The summed E-state index contributed by atoms with van der Waals surface area (Å²) in [6.07, 6.45) is 4.56. The number of amides is 1. The van der Waals surface area contributed by atoms with E-state index in [2.05, 4.69) is 5.32 Å². The average molecular weight is 256 g/mol. The summed E-state index contributed by atoms with van der Waals surface area (Å²) in [6, 6.07) is 0. The van der Waals surface area contributed by atoms with Gasteiger partial charge in [-0.3, -0.25) is 4.79 Å². The highest BCUT2D eigenvalue weighted by Gasteiger charge is 2.38. The first-order valence-electron chi connectivity index (χ1n) is 6.89. The highest BCUT2D eigenvalue weighted by atomic mass is 16.3. The van der Waals surface area contributed by atoms with Gasteiger partial charge in [0.2, 0.25) is 5.91 Å². The van der Waals surface area contributed by atoms with Crippen LogP contribution in [0.4, 0.5) is 0 Å². The second-order valence-corrected chi connectivity index (χ2v) is 5.70. The lowest BCUT2D eigenvalue weighted by Crippen LogP contribution is -2.48. The maximum Gasteiger partial charge on any atom is 0.224 e. The van der Waals surface area contributed by atoms with E-state index in [4.69, 9.17) is 0 Å². The average Bonchev–Trinajstić information content (AvgIpc) is 2.71. The van der Waals surface area contributed by atoms with Gasteiger partial charge < -0.3 is 20.4 Å². The van der Waals surface area contributed by atoms with Crippen molar-refractivity contribution >= 4 is 5.91 Å². The summed E-state index contributed by atoms with van der Waals surface area (Å²) in [4.78, 5) is 13.8. The molecule has 104 valence electrons. The van der Waals surface area contributed by atoms with Gasteiger partial charge in [0.15, 0.2) is 0 Å². The Balaban J connectivity index is 1.93. The van der Waals surface area contributed by atoms with Crippen LogP contribution in [0.1, 0.15) is 38.5 Å². The van der Waals surface area contributed by atoms with Gasteiger partial charge in [-0.15, -0.1) is 0 Å². The third-order valence-corrected chi connectivity index (χ3v) is 4.44. The van der Waals surface area contributed by atoms with Crippen LogP contribution in [-0.2, 0) is 4.79 Å². The molecule has 0 aromatic heterocycles. The van der Waals surface area contributed by atoms with Crippen molar-refractivity contribution in [2.45, 2.75) is 56.3 Å². The molecule has 0 unspecified atom stereocenters. The van der Waals surface area contributed by atoms with Gasteiger partial charge >= 0.3 is 0 Å². The lowest BCUT2D eigenvalue weighted by Gasteiger charge is -2.37. The van der Waals surface area contributed by atoms with Gasteiger partial charge in [0.1, 0.15) is 0 Å². The summed E-state index contributed by atoms with van der Waals surface area (Å²) in [5.74, 6) is 0.0434. The van der Waals surface area contributed by atoms with Crippen molar-refractivity contribution < 1.29 is 15.0 Å². The minimum atomic E-state index is -0.786. The summed E-state index contributed by atoms with van der Waals surface area (Å²) in [5, 5.41) is 22.3. The number of likely N-dealkylation sites (tertiary alicyclic amines) is 1. The van der Waals surface area contributed by atoms with Crippen LogP contribution in [0.2, 0.25) is 0 Å². The molecule has 1 saturated carbocycles. The summed E-state index contributed by atoms with van der Waals surface area (Å²) in [7, 11) is 1.92. The predicted octanol–water partition coefficient (Wildman–Crippen LogP) is -0.137. The summed E-state index contributed by atoms with van der Waals surface area (Å²) < 4.78 is 0. The molecule has 2 rings (SSSR count). The molecule has 2 atom stereocenters. The molecular formula is C13H24N2O3. The number of carbonyl (C=O) groups excluding carboxylic acids is 1. The van der Waals surface area contributed by atoms with Crippen molar-refractivity contribution in [2.24, 2.45) is 0 Å². The molecule has 2 aliphatic rings. The van der Waals surface area contributed by atoms with E-state index in [0.717, 1.165) is 12.8 Å². The molecule has 0 bridgehead atoms. The lowest BCUT2D eigenvalue weighted by molar-refractivity contribution is -0.132. The number of rotatable bonds is 3. The smallest absolute Gasteiger partial charge is 0.224 e. The minimum absolute atomic E-state index is 0.0434. The van der Waals surface area contributed by atoms with E-state index in [9.17, 15) is 15.0 Å². The van der Waals surface area contributed by atoms with Crippen molar-refractivity contribution in [3.8, 4) is 0 Å². The van der Waals surface area contributed by atoms with Gasteiger partial charge in [-0.2, -0.15) is 0 Å². The first-order valence-corrected chi connectivity index (χ1v) is 6.89. The van der Waals surface area contributed by atoms with Gasteiger partial charge in [0.25, 0.3) is 0 Å². The Morgan fingerprint density at radius 2 is 1.78 bits per heavy atom. The zero-order valence-electron chi connectivity index (χ0n) is 11.1. The van der Waals surface area contributed by atoms with Crippen LogP contribution in [-0.4, -0.2) is 58.9 Å². The number of carbonyl (C=O) groups is 1. The molecule has 2 fully saturated rings. The Hall–Kier alpha value is -0.650. The topological polar surface area (TPSA) is 72.8 Å². The number of nitrogens with zero attached hydrogens (tertiary/aromatic N) is 1. The van der Waals surface area contributed by atoms with Crippen molar-refractivity contribution in [3.63, 3.8) is 0 Å². The number of aliphatic hydroxyl groups is 2. The molecule has 0 spiro atoms. The summed E-state index contributed by atoms with van der Waals surface area (Å²) in [6.45, 7) is 0.527. The fraction of sp³-hybridized carbons (Fsp3) is 0.923. The van der Waals surface area contributed by atoms with Crippen LogP contribution in [0, 0.1) is 0 Å². The van der Waals surface area contributed by atoms with Gasteiger partial charge in [0.05, 0.1) is 12.2 Å². The number of β-amino-alcohol motifs (C(OH)–C–C–N with tert-alkyl or cyclic N) is 2. The normalized spacial score (nSPS) is 31.6. The molecule has 0 aromatic carbocycles. The van der Waals surface area contributed by atoms with Crippen molar-refractivity contribution in [1.82, 2.24) is 10.2 Å². The standard InChI is InChI=1S/C13H24N2O3/c1-14-13(5-3-2-4-6-13)7-12(18)15-8-10(16)11(17)9-15/h10-11,14,16-17H,2-9H2,1H3/t10-,11+. The Morgan fingerprint density at radius 1 is 1.22 bits per heavy atom. The van der Waals surface area contributed by atoms with Gasteiger partial charge in [0, 0.05) is 25.0 Å². The summed E-state index contributed by atoms with van der Waals surface area (Å²) >= 11 is 0. The molecule has 18 heavy (non-hydrogen) atoms. The first-order chi connectivity index (χ1) is 8.56. The molecule has 5 heteroatoms. The molecule has 1 saturated heterocycles. The quantitative estimate of drug-likeness (QED) is 0.657. The van der Waals surface area contributed by atoms with E-state index in [0.29, 0.717) is 6.42 Å². The van der Waals surface area contributed by atoms with Gasteiger partial charge in [-0.25, -0.2) is 0 Å². The second-order valence-electron chi connectivity index (χ2n) is 5.70. The zero-order chi connectivity index (χ0) is 13.2. The van der Waals surface area contributed by atoms with E-state index >= 15 is 0 Å². The highest BCUT2D eigenvalue weighted by molar-refractivity contribution is 5.78. The fourth-order valence-electron chi connectivity index (χ4n) is 3.12. The molecular weight excluding hydrogens is 232 g/mol. The number of aliphatic hydroxyl groups excluding tert-OH is 2. The summed E-state index contributed by atoms with van der Waals surface area (Å²) in [5.41, 5.74) is -0.0756. The van der Waals surface area contributed by atoms with Crippen LogP contribution in [0.25, 0.3) is 0 Å². The molecule has 1 aliphatic carbocycles. The Kier molecular flexibility index (Phi) is 4.25. The maximum absolute atomic E-state index is 12.2. The zero-order valence-corrected chi connectivity index (χ0v) is 11.1. The molecule has 3 N–H and O–H groups in total. The number of nitrogens with one attached hydrogen (secondary N) is 1. The fourth-order valence-corrected chi connectivity index (χ4v) is 3.12. The lowest BCUT2D eigenvalue weighted by atomic mass is 9.79. The van der Waals surface area contributed by atoms with E-state index in [1.165, 1.54) is 19.3 Å². The number of hydrogen-bond donors (Lipinski definition) is 3. The van der Waals surface area contributed by atoms with Crippen molar-refractivity contribution in [3.05, 3.63) is 0 Å². The molecule has 1 heterocycles.